The lowest BCUT2D eigenvalue weighted by molar-refractivity contribution is 1.40. The van der Waals surface area contributed by atoms with Crippen molar-refractivity contribution < 1.29 is 0 Å². The zero-order chi connectivity index (χ0) is 11.5. The molecular formula is C13H9Cl3. The molecule has 0 amide bonds. The van der Waals surface area contributed by atoms with E-state index in [1.54, 1.807) is 0 Å². The fraction of sp³-hybridized carbons (Fsp3) is 0.0769. The van der Waals surface area contributed by atoms with Gasteiger partial charge < -0.3 is 0 Å². The third kappa shape index (κ3) is 2.20. The van der Waals surface area contributed by atoms with E-state index in [1.165, 1.54) is 0 Å². The summed E-state index contributed by atoms with van der Waals surface area (Å²) in [6, 6.07) is 13.7. The van der Waals surface area contributed by atoms with E-state index in [0.717, 1.165) is 16.7 Å². The van der Waals surface area contributed by atoms with Crippen LogP contribution in [0.15, 0.2) is 42.5 Å². The molecule has 0 aliphatic heterocycles. The Kier molecular flexibility index (Phi) is 3.75. The largest absolute Gasteiger partial charge is 0.121 e. The van der Waals surface area contributed by atoms with Crippen molar-refractivity contribution in [3.05, 3.63) is 58.1 Å². The predicted octanol–water partition coefficient (Wildman–Crippen LogP) is 5.40. The first kappa shape index (κ1) is 11.8. The molecule has 0 aromatic heterocycles. The molecule has 0 spiro atoms. The molecule has 0 heterocycles. The van der Waals surface area contributed by atoms with Crippen LogP contribution in [0.3, 0.4) is 0 Å². The number of hydrogen-bond donors (Lipinski definition) is 0. The first-order valence-corrected chi connectivity index (χ1v) is 6.11. The molecule has 0 saturated heterocycles. The number of rotatable bonds is 2. The molecule has 3 heteroatoms. The normalized spacial score (nSPS) is 10.4. The third-order valence-corrected chi connectivity index (χ3v) is 3.60. The van der Waals surface area contributed by atoms with Gasteiger partial charge in [-0.1, -0.05) is 65.7 Å². The van der Waals surface area contributed by atoms with Crippen molar-refractivity contribution in [2.45, 2.75) is 5.88 Å². The molecular weight excluding hydrogens is 263 g/mol. The maximum Gasteiger partial charge on any atom is 0.0673 e. The lowest BCUT2D eigenvalue weighted by atomic mass is 10.0. The van der Waals surface area contributed by atoms with E-state index >= 15 is 0 Å². The van der Waals surface area contributed by atoms with Gasteiger partial charge in [-0.3, -0.25) is 0 Å². The minimum Gasteiger partial charge on any atom is -0.121 e. The SMILES string of the molecule is ClCc1ccc(-c2ccccc2)c(Cl)c1Cl. The Balaban J connectivity index is 2.56. The average Bonchev–Trinajstić information content (AvgIpc) is 2.34. The summed E-state index contributed by atoms with van der Waals surface area (Å²) in [5.41, 5.74) is 2.84. The molecule has 0 aliphatic carbocycles. The second-order valence-electron chi connectivity index (χ2n) is 3.40. The van der Waals surface area contributed by atoms with Gasteiger partial charge in [0.1, 0.15) is 0 Å². The molecule has 0 atom stereocenters. The van der Waals surface area contributed by atoms with Crippen LogP contribution in [0, 0.1) is 0 Å². The van der Waals surface area contributed by atoms with Gasteiger partial charge in [0.05, 0.1) is 10.0 Å². The lowest BCUT2D eigenvalue weighted by Gasteiger charge is -2.08. The minimum atomic E-state index is 0.369. The van der Waals surface area contributed by atoms with Crippen molar-refractivity contribution in [1.29, 1.82) is 0 Å². The highest BCUT2D eigenvalue weighted by molar-refractivity contribution is 6.44. The van der Waals surface area contributed by atoms with E-state index in [-0.39, 0.29) is 0 Å². The van der Waals surface area contributed by atoms with Gasteiger partial charge in [0.25, 0.3) is 0 Å². The number of hydrogen-bond acceptors (Lipinski definition) is 0. The molecule has 2 rings (SSSR count). The summed E-state index contributed by atoms with van der Waals surface area (Å²) in [7, 11) is 0. The van der Waals surface area contributed by atoms with Crippen LogP contribution in [-0.2, 0) is 5.88 Å². The summed E-state index contributed by atoms with van der Waals surface area (Å²) in [5, 5.41) is 1.10. The van der Waals surface area contributed by atoms with Gasteiger partial charge in [0, 0.05) is 11.4 Å². The molecule has 2 aromatic carbocycles. The smallest absolute Gasteiger partial charge is 0.0673 e. The van der Waals surface area contributed by atoms with Gasteiger partial charge in [-0.05, 0) is 11.1 Å². The van der Waals surface area contributed by atoms with Gasteiger partial charge >= 0.3 is 0 Å². The van der Waals surface area contributed by atoms with Crippen LogP contribution < -0.4 is 0 Å². The fourth-order valence-electron chi connectivity index (χ4n) is 1.53. The van der Waals surface area contributed by atoms with Crippen LogP contribution >= 0.6 is 34.8 Å². The first-order chi connectivity index (χ1) is 7.74. The van der Waals surface area contributed by atoms with Gasteiger partial charge in [-0.15, -0.1) is 11.6 Å². The fourth-order valence-corrected chi connectivity index (χ4v) is 2.35. The van der Waals surface area contributed by atoms with Gasteiger partial charge in [0.15, 0.2) is 0 Å². The van der Waals surface area contributed by atoms with Crippen molar-refractivity contribution in [3.8, 4) is 11.1 Å². The first-order valence-electron chi connectivity index (χ1n) is 4.82. The van der Waals surface area contributed by atoms with E-state index in [0.29, 0.717) is 15.9 Å². The van der Waals surface area contributed by atoms with Crippen molar-refractivity contribution in [2.75, 3.05) is 0 Å². The highest BCUT2D eigenvalue weighted by Crippen LogP contribution is 2.36. The molecule has 16 heavy (non-hydrogen) atoms. The molecule has 2 aromatic rings. The second kappa shape index (κ2) is 5.09. The Morgan fingerprint density at radius 1 is 0.812 bits per heavy atom. The number of halogens is 3. The van der Waals surface area contributed by atoms with Crippen LogP contribution in [0.4, 0.5) is 0 Å². The van der Waals surface area contributed by atoms with Gasteiger partial charge in [-0.25, -0.2) is 0 Å². The maximum absolute atomic E-state index is 6.22. The Hall–Kier alpha value is -0.690. The lowest BCUT2D eigenvalue weighted by Crippen LogP contribution is -1.85. The second-order valence-corrected chi connectivity index (χ2v) is 4.42. The molecule has 0 saturated carbocycles. The summed E-state index contributed by atoms with van der Waals surface area (Å²) in [6.07, 6.45) is 0. The summed E-state index contributed by atoms with van der Waals surface area (Å²) in [6.45, 7) is 0. The van der Waals surface area contributed by atoms with Crippen LogP contribution in [0.25, 0.3) is 11.1 Å². The molecule has 0 fully saturated rings. The Bertz CT molecular complexity index is 492. The van der Waals surface area contributed by atoms with E-state index in [1.807, 2.05) is 42.5 Å². The van der Waals surface area contributed by atoms with Gasteiger partial charge in [-0.2, -0.15) is 0 Å². The predicted molar refractivity (Wildman–Crippen MR) is 71.5 cm³/mol. The zero-order valence-electron chi connectivity index (χ0n) is 8.38. The molecule has 0 radical (unpaired) electrons. The zero-order valence-corrected chi connectivity index (χ0v) is 10.7. The van der Waals surface area contributed by atoms with Crippen molar-refractivity contribution >= 4 is 34.8 Å². The molecule has 0 N–H and O–H groups in total. The number of benzene rings is 2. The molecule has 0 bridgehead atoms. The van der Waals surface area contributed by atoms with Crippen molar-refractivity contribution in [3.63, 3.8) is 0 Å². The molecule has 82 valence electrons. The van der Waals surface area contributed by atoms with Gasteiger partial charge in [0.2, 0.25) is 0 Å². The summed E-state index contributed by atoms with van der Waals surface area (Å²) in [5.74, 6) is 0.369. The highest BCUT2D eigenvalue weighted by Gasteiger charge is 2.10. The van der Waals surface area contributed by atoms with Crippen molar-refractivity contribution in [1.82, 2.24) is 0 Å². The Morgan fingerprint density at radius 2 is 1.50 bits per heavy atom. The summed E-state index contributed by atoms with van der Waals surface area (Å²) >= 11 is 18.1. The minimum absolute atomic E-state index is 0.369. The summed E-state index contributed by atoms with van der Waals surface area (Å²) in [4.78, 5) is 0. The maximum atomic E-state index is 6.22. The van der Waals surface area contributed by atoms with E-state index in [9.17, 15) is 0 Å². The Labute approximate surface area is 110 Å². The van der Waals surface area contributed by atoms with Crippen LogP contribution in [0.2, 0.25) is 10.0 Å². The monoisotopic (exact) mass is 270 g/mol. The molecule has 0 unspecified atom stereocenters. The van der Waals surface area contributed by atoms with Crippen molar-refractivity contribution in [2.24, 2.45) is 0 Å². The third-order valence-electron chi connectivity index (χ3n) is 2.39. The topological polar surface area (TPSA) is 0 Å². The molecule has 0 aliphatic rings. The van der Waals surface area contributed by atoms with E-state index < -0.39 is 0 Å². The van der Waals surface area contributed by atoms with E-state index in [4.69, 9.17) is 34.8 Å². The van der Waals surface area contributed by atoms with Crippen LogP contribution in [-0.4, -0.2) is 0 Å². The highest BCUT2D eigenvalue weighted by atomic mass is 35.5. The quantitative estimate of drug-likeness (QED) is 0.642. The van der Waals surface area contributed by atoms with E-state index in [2.05, 4.69) is 0 Å². The Morgan fingerprint density at radius 3 is 2.12 bits per heavy atom. The van der Waals surface area contributed by atoms with Crippen LogP contribution in [0.5, 0.6) is 0 Å². The standard InChI is InChI=1S/C13H9Cl3/c14-8-10-6-7-11(13(16)12(10)15)9-4-2-1-3-5-9/h1-7H,8H2. The molecule has 0 nitrogen and oxygen atoms in total. The number of alkyl halides is 1. The van der Waals surface area contributed by atoms with Crippen LogP contribution in [0.1, 0.15) is 5.56 Å². The summed E-state index contributed by atoms with van der Waals surface area (Å²) < 4.78 is 0. The average molecular weight is 272 g/mol.